The van der Waals surface area contributed by atoms with Gasteiger partial charge in [-0.15, -0.1) is 0 Å². The zero-order valence-electron chi connectivity index (χ0n) is 11.3. The lowest BCUT2D eigenvalue weighted by Crippen LogP contribution is -2.26. The molecule has 1 aromatic carbocycles. The van der Waals surface area contributed by atoms with Crippen LogP contribution >= 0.6 is 0 Å². The first-order valence-corrected chi connectivity index (χ1v) is 6.16. The number of hydrogen-bond donors (Lipinski definition) is 1. The maximum absolute atomic E-state index is 13.0. The molecule has 0 aliphatic rings. The molecule has 0 radical (unpaired) electrons. The zero-order valence-corrected chi connectivity index (χ0v) is 11.3. The molecule has 104 valence electrons. The SMILES string of the molecule is COc1cccc(C(C)NC(=O)c2ccnc(F)c2)c1. The summed E-state index contributed by atoms with van der Waals surface area (Å²) >= 11 is 0. The van der Waals surface area contributed by atoms with Gasteiger partial charge in [0.1, 0.15) is 5.75 Å². The quantitative estimate of drug-likeness (QED) is 0.872. The molecule has 0 fully saturated rings. The van der Waals surface area contributed by atoms with E-state index in [1.54, 1.807) is 7.11 Å². The van der Waals surface area contributed by atoms with Crippen LogP contribution < -0.4 is 10.1 Å². The fourth-order valence-electron chi connectivity index (χ4n) is 1.82. The molecule has 4 nitrogen and oxygen atoms in total. The molecular weight excluding hydrogens is 259 g/mol. The van der Waals surface area contributed by atoms with Crippen molar-refractivity contribution < 1.29 is 13.9 Å². The summed E-state index contributed by atoms with van der Waals surface area (Å²) in [5, 5.41) is 2.80. The molecule has 1 N–H and O–H groups in total. The third-order valence-electron chi connectivity index (χ3n) is 2.93. The zero-order chi connectivity index (χ0) is 14.5. The predicted molar refractivity (Wildman–Crippen MR) is 73.1 cm³/mol. The van der Waals surface area contributed by atoms with Gasteiger partial charge in [0.2, 0.25) is 5.95 Å². The van der Waals surface area contributed by atoms with Crippen molar-refractivity contribution in [3.63, 3.8) is 0 Å². The number of ether oxygens (including phenoxy) is 1. The Morgan fingerprint density at radius 3 is 2.85 bits per heavy atom. The molecule has 1 unspecified atom stereocenters. The number of halogens is 1. The van der Waals surface area contributed by atoms with Crippen molar-refractivity contribution in [3.05, 3.63) is 59.7 Å². The predicted octanol–water partition coefficient (Wildman–Crippen LogP) is 2.72. The molecule has 20 heavy (non-hydrogen) atoms. The highest BCUT2D eigenvalue weighted by atomic mass is 19.1. The van der Waals surface area contributed by atoms with Crippen molar-refractivity contribution >= 4 is 5.91 Å². The van der Waals surface area contributed by atoms with E-state index in [9.17, 15) is 9.18 Å². The van der Waals surface area contributed by atoms with Gasteiger partial charge in [-0.25, -0.2) is 4.98 Å². The van der Waals surface area contributed by atoms with Gasteiger partial charge >= 0.3 is 0 Å². The highest BCUT2D eigenvalue weighted by molar-refractivity contribution is 5.94. The van der Waals surface area contributed by atoms with Gasteiger partial charge in [0.15, 0.2) is 0 Å². The number of nitrogens with one attached hydrogen (secondary N) is 1. The molecule has 0 bridgehead atoms. The van der Waals surface area contributed by atoms with Crippen molar-refractivity contribution in [3.8, 4) is 5.75 Å². The van der Waals surface area contributed by atoms with Crippen LogP contribution in [0.2, 0.25) is 0 Å². The number of methoxy groups -OCH3 is 1. The van der Waals surface area contributed by atoms with E-state index >= 15 is 0 Å². The fraction of sp³-hybridized carbons (Fsp3) is 0.200. The minimum atomic E-state index is -0.674. The lowest BCUT2D eigenvalue weighted by Gasteiger charge is -2.15. The molecular formula is C15H15FN2O2. The van der Waals surface area contributed by atoms with Crippen molar-refractivity contribution in [1.29, 1.82) is 0 Å². The average Bonchev–Trinajstić information content (AvgIpc) is 2.47. The summed E-state index contributed by atoms with van der Waals surface area (Å²) in [4.78, 5) is 15.4. The Balaban J connectivity index is 2.10. The number of carbonyl (C=O) groups excluding carboxylic acids is 1. The lowest BCUT2D eigenvalue weighted by molar-refractivity contribution is 0.0939. The van der Waals surface area contributed by atoms with E-state index in [1.165, 1.54) is 12.3 Å². The van der Waals surface area contributed by atoms with Gasteiger partial charge in [-0.1, -0.05) is 12.1 Å². The molecule has 0 aliphatic heterocycles. The number of carbonyl (C=O) groups is 1. The minimum absolute atomic E-state index is 0.214. The third-order valence-corrected chi connectivity index (χ3v) is 2.93. The lowest BCUT2D eigenvalue weighted by atomic mass is 10.1. The average molecular weight is 274 g/mol. The highest BCUT2D eigenvalue weighted by Crippen LogP contribution is 2.19. The first-order valence-electron chi connectivity index (χ1n) is 6.16. The Labute approximate surface area is 116 Å². The van der Waals surface area contributed by atoms with E-state index in [0.29, 0.717) is 0 Å². The van der Waals surface area contributed by atoms with E-state index in [1.807, 2.05) is 31.2 Å². The standard InChI is InChI=1S/C15H15FN2O2/c1-10(11-4-3-5-13(8-11)20-2)18-15(19)12-6-7-17-14(16)9-12/h3-10H,1-2H3,(H,18,19). The normalized spacial score (nSPS) is 11.8. The van der Waals surface area contributed by atoms with Gasteiger partial charge in [-0.2, -0.15) is 4.39 Å². The molecule has 5 heteroatoms. The third kappa shape index (κ3) is 3.32. The van der Waals surface area contributed by atoms with Crippen LogP contribution in [-0.2, 0) is 0 Å². The van der Waals surface area contributed by atoms with Gasteiger partial charge < -0.3 is 10.1 Å². The van der Waals surface area contributed by atoms with Crippen LogP contribution in [0.3, 0.4) is 0 Å². The van der Waals surface area contributed by atoms with Crippen LogP contribution in [0.5, 0.6) is 5.75 Å². The summed E-state index contributed by atoms with van der Waals surface area (Å²) in [7, 11) is 1.59. The number of hydrogen-bond acceptors (Lipinski definition) is 3. The Kier molecular flexibility index (Phi) is 4.30. The Bertz CT molecular complexity index is 616. The van der Waals surface area contributed by atoms with E-state index in [0.717, 1.165) is 17.4 Å². The summed E-state index contributed by atoms with van der Waals surface area (Å²) in [6.07, 6.45) is 1.26. The number of aromatic nitrogens is 1. The monoisotopic (exact) mass is 274 g/mol. The van der Waals surface area contributed by atoms with Crippen LogP contribution in [0, 0.1) is 5.95 Å². The second kappa shape index (κ2) is 6.14. The molecule has 2 rings (SSSR count). The summed E-state index contributed by atoms with van der Waals surface area (Å²) < 4.78 is 18.1. The Hall–Kier alpha value is -2.43. The van der Waals surface area contributed by atoms with Gasteiger partial charge in [-0.05, 0) is 30.7 Å². The number of benzene rings is 1. The second-order valence-electron chi connectivity index (χ2n) is 4.34. The molecule has 2 aromatic rings. The molecule has 0 saturated heterocycles. The van der Waals surface area contributed by atoms with E-state index in [4.69, 9.17) is 4.74 Å². The van der Waals surface area contributed by atoms with Crippen LogP contribution in [0.25, 0.3) is 0 Å². The van der Waals surface area contributed by atoms with Crippen LogP contribution in [-0.4, -0.2) is 18.0 Å². The number of pyridine rings is 1. The van der Waals surface area contributed by atoms with E-state index in [2.05, 4.69) is 10.3 Å². The van der Waals surface area contributed by atoms with Gasteiger partial charge in [0.25, 0.3) is 5.91 Å². The van der Waals surface area contributed by atoms with Gasteiger partial charge in [0, 0.05) is 17.8 Å². The van der Waals surface area contributed by atoms with Crippen LogP contribution in [0.15, 0.2) is 42.6 Å². The summed E-state index contributed by atoms with van der Waals surface area (Å²) in [6.45, 7) is 1.85. The first-order chi connectivity index (χ1) is 9.60. The molecule has 1 aromatic heterocycles. The van der Waals surface area contributed by atoms with Crippen molar-refractivity contribution in [2.45, 2.75) is 13.0 Å². The molecule has 1 amide bonds. The van der Waals surface area contributed by atoms with Gasteiger partial charge in [0.05, 0.1) is 13.2 Å². The number of amides is 1. The largest absolute Gasteiger partial charge is 0.497 e. The summed E-state index contributed by atoms with van der Waals surface area (Å²) in [5.74, 6) is -0.299. The fourth-order valence-corrected chi connectivity index (χ4v) is 1.82. The van der Waals surface area contributed by atoms with E-state index in [-0.39, 0.29) is 17.5 Å². The Morgan fingerprint density at radius 2 is 2.15 bits per heavy atom. The summed E-state index contributed by atoms with van der Waals surface area (Å²) in [5.41, 5.74) is 1.15. The highest BCUT2D eigenvalue weighted by Gasteiger charge is 2.12. The Morgan fingerprint density at radius 1 is 1.35 bits per heavy atom. The van der Waals surface area contributed by atoms with E-state index < -0.39 is 5.95 Å². The van der Waals surface area contributed by atoms with Crippen LogP contribution in [0.1, 0.15) is 28.9 Å². The molecule has 0 saturated carbocycles. The van der Waals surface area contributed by atoms with Crippen molar-refractivity contribution in [1.82, 2.24) is 10.3 Å². The maximum atomic E-state index is 13.0. The smallest absolute Gasteiger partial charge is 0.251 e. The molecule has 1 heterocycles. The summed E-state index contributed by atoms with van der Waals surface area (Å²) in [6, 6.07) is 9.77. The van der Waals surface area contributed by atoms with Crippen LogP contribution in [0.4, 0.5) is 4.39 Å². The number of rotatable bonds is 4. The van der Waals surface area contributed by atoms with Crippen molar-refractivity contribution in [2.24, 2.45) is 0 Å². The second-order valence-corrected chi connectivity index (χ2v) is 4.34. The topological polar surface area (TPSA) is 51.2 Å². The van der Waals surface area contributed by atoms with Gasteiger partial charge in [-0.3, -0.25) is 4.79 Å². The minimum Gasteiger partial charge on any atom is -0.497 e. The number of nitrogens with zero attached hydrogens (tertiary/aromatic N) is 1. The first kappa shape index (κ1) is 14.0. The molecule has 0 aliphatic carbocycles. The molecule has 1 atom stereocenters. The maximum Gasteiger partial charge on any atom is 0.251 e. The molecule has 0 spiro atoms. The van der Waals surface area contributed by atoms with Crippen molar-refractivity contribution in [2.75, 3.05) is 7.11 Å².